The van der Waals surface area contributed by atoms with Crippen LogP contribution in [0.1, 0.15) is 33.6 Å². The lowest BCUT2D eigenvalue weighted by Crippen LogP contribution is -2.17. The molecule has 0 fully saturated rings. The molecule has 78 valence electrons. The van der Waals surface area contributed by atoms with Gasteiger partial charge in [-0.2, -0.15) is 0 Å². The van der Waals surface area contributed by atoms with Crippen LogP contribution in [-0.2, 0) is 0 Å². The Morgan fingerprint density at radius 3 is 2.15 bits per heavy atom. The highest BCUT2D eigenvalue weighted by molar-refractivity contribution is 6.76. The zero-order valence-corrected chi connectivity index (χ0v) is 11.3. The number of hydrogen-bond acceptors (Lipinski definition) is 0. The van der Waals surface area contributed by atoms with Crippen molar-refractivity contribution in [3.8, 4) is 0 Å². The molecule has 0 nitrogen and oxygen atoms in total. The van der Waals surface area contributed by atoms with Gasteiger partial charge in [-0.1, -0.05) is 45.1 Å². The van der Waals surface area contributed by atoms with Crippen molar-refractivity contribution in [1.82, 2.24) is 0 Å². The largest absolute Gasteiger partial charge is 0.0883 e. The van der Waals surface area contributed by atoms with Crippen molar-refractivity contribution in [3.63, 3.8) is 0 Å². The highest BCUT2D eigenvalue weighted by Crippen LogP contribution is 2.15. The number of rotatable bonds is 5. The van der Waals surface area contributed by atoms with Crippen LogP contribution < -0.4 is 0 Å². The molecule has 0 radical (unpaired) electrons. The summed E-state index contributed by atoms with van der Waals surface area (Å²) in [5.41, 5.74) is 1.59. The van der Waals surface area contributed by atoms with Crippen LogP contribution in [0.2, 0.25) is 25.7 Å². The molecule has 0 saturated heterocycles. The Bertz CT molecular complexity index is 160. The topological polar surface area (TPSA) is 0 Å². The lowest BCUT2D eigenvalue weighted by Gasteiger charge is -2.13. The predicted octanol–water partition coefficient (Wildman–Crippen LogP) is 4.71. The van der Waals surface area contributed by atoms with Gasteiger partial charge in [0.1, 0.15) is 0 Å². The van der Waals surface area contributed by atoms with E-state index >= 15 is 0 Å². The van der Waals surface area contributed by atoms with Crippen molar-refractivity contribution in [1.29, 1.82) is 0 Å². The summed E-state index contributed by atoms with van der Waals surface area (Å²) in [6.45, 7) is 14.2. The summed E-state index contributed by atoms with van der Waals surface area (Å²) in [7, 11) is -0.853. The van der Waals surface area contributed by atoms with E-state index in [0.717, 1.165) is 5.92 Å². The van der Waals surface area contributed by atoms with Crippen LogP contribution >= 0.6 is 0 Å². The zero-order valence-electron chi connectivity index (χ0n) is 10.3. The van der Waals surface area contributed by atoms with E-state index < -0.39 is 8.07 Å². The highest BCUT2D eigenvalue weighted by Gasteiger charge is 2.10. The van der Waals surface area contributed by atoms with E-state index in [2.05, 4.69) is 46.5 Å². The Morgan fingerprint density at radius 1 is 1.23 bits per heavy atom. The zero-order chi connectivity index (χ0) is 10.5. The molecule has 0 amide bonds. The van der Waals surface area contributed by atoms with Gasteiger partial charge >= 0.3 is 0 Å². The van der Waals surface area contributed by atoms with Crippen LogP contribution in [-0.4, -0.2) is 8.07 Å². The Kier molecular flexibility index (Phi) is 5.62. The van der Waals surface area contributed by atoms with Gasteiger partial charge in [-0.3, -0.25) is 0 Å². The second-order valence-electron chi connectivity index (χ2n) is 5.75. The van der Waals surface area contributed by atoms with E-state index in [1.165, 1.54) is 18.9 Å². The van der Waals surface area contributed by atoms with E-state index in [1.807, 2.05) is 0 Å². The normalized spacial score (nSPS) is 13.9. The third-order valence-corrected chi connectivity index (χ3v) is 3.61. The maximum Gasteiger partial charge on any atom is 0.0480 e. The molecule has 0 spiro atoms. The van der Waals surface area contributed by atoms with Crippen molar-refractivity contribution in [3.05, 3.63) is 11.6 Å². The van der Waals surface area contributed by atoms with E-state index in [4.69, 9.17) is 0 Å². The van der Waals surface area contributed by atoms with Crippen LogP contribution in [0.4, 0.5) is 0 Å². The molecule has 0 saturated carbocycles. The molecular formula is C12H26Si. The van der Waals surface area contributed by atoms with Gasteiger partial charge in [-0.15, -0.1) is 0 Å². The number of allylic oxidation sites excluding steroid dienone is 2. The molecule has 0 aromatic rings. The third-order valence-electron chi connectivity index (χ3n) is 2.18. The van der Waals surface area contributed by atoms with Gasteiger partial charge < -0.3 is 0 Å². The van der Waals surface area contributed by atoms with Crippen LogP contribution in [0, 0.1) is 5.92 Å². The Hall–Kier alpha value is -0.0431. The van der Waals surface area contributed by atoms with Gasteiger partial charge in [0.15, 0.2) is 0 Å². The summed E-state index contributed by atoms with van der Waals surface area (Å²) in [6, 6.07) is 1.34. The van der Waals surface area contributed by atoms with Crippen LogP contribution in [0.3, 0.4) is 0 Å². The molecule has 0 aliphatic heterocycles. The summed E-state index contributed by atoms with van der Waals surface area (Å²) in [4.78, 5) is 0. The fourth-order valence-corrected chi connectivity index (χ4v) is 2.06. The van der Waals surface area contributed by atoms with Crippen LogP contribution in [0.5, 0.6) is 0 Å². The molecule has 0 N–H and O–H groups in total. The minimum absolute atomic E-state index is 0.843. The maximum absolute atomic E-state index is 2.47. The maximum atomic E-state index is 2.47. The van der Waals surface area contributed by atoms with Gasteiger partial charge in [0.2, 0.25) is 0 Å². The average molecular weight is 198 g/mol. The number of hydrogen-bond donors (Lipinski definition) is 0. The lowest BCUT2D eigenvalue weighted by atomic mass is 10.0. The van der Waals surface area contributed by atoms with E-state index in [-0.39, 0.29) is 0 Å². The van der Waals surface area contributed by atoms with Crippen molar-refractivity contribution in [2.45, 2.75) is 59.3 Å². The van der Waals surface area contributed by atoms with Crippen LogP contribution in [0.15, 0.2) is 11.6 Å². The molecule has 0 aliphatic rings. The van der Waals surface area contributed by atoms with Gasteiger partial charge in [0, 0.05) is 8.07 Å². The summed E-state index contributed by atoms with van der Waals surface area (Å²) in [5.74, 6) is 0.843. The Balaban J connectivity index is 3.76. The minimum atomic E-state index is -0.853. The molecule has 0 rings (SSSR count). The molecule has 0 aromatic heterocycles. The summed E-state index contributed by atoms with van der Waals surface area (Å²) in [5, 5.41) is 0. The van der Waals surface area contributed by atoms with Gasteiger partial charge in [0.05, 0.1) is 0 Å². The monoisotopic (exact) mass is 198 g/mol. The van der Waals surface area contributed by atoms with E-state index in [0.29, 0.717) is 0 Å². The molecule has 0 heterocycles. The van der Waals surface area contributed by atoms with E-state index in [1.54, 1.807) is 5.57 Å². The molecule has 1 heteroatoms. The first-order valence-corrected chi connectivity index (χ1v) is 9.17. The fourth-order valence-electron chi connectivity index (χ4n) is 1.10. The van der Waals surface area contributed by atoms with Crippen molar-refractivity contribution in [2.24, 2.45) is 5.92 Å². The highest BCUT2D eigenvalue weighted by atomic mass is 28.3. The first-order valence-electron chi connectivity index (χ1n) is 5.47. The van der Waals surface area contributed by atoms with Crippen molar-refractivity contribution >= 4 is 8.07 Å². The molecule has 0 bridgehead atoms. The fraction of sp³-hybridized carbons (Fsp3) is 0.833. The third kappa shape index (κ3) is 9.87. The molecular weight excluding hydrogens is 172 g/mol. The quantitative estimate of drug-likeness (QED) is 0.443. The molecule has 0 unspecified atom stereocenters. The first-order chi connectivity index (χ1) is 5.81. The SMILES string of the molecule is C/C(=C\C[Si](C)(C)C)CCC(C)C. The second-order valence-corrected chi connectivity index (χ2v) is 11.3. The molecule has 0 aromatic carbocycles. The average Bonchev–Trinajstić information content (AvgIpc) is 1.95. The summed E-state index contributed by atoms with van der Waals surface area (Å²) >= 11 is 0. The molecule has 13 heavy (non-hydrogen) atoms. The summed E-state index contributed by atoms with van der Waals surface area (Å²) in [6.07, 6.45) is 5.10. The second kappa shape index (κ2) is 5.64. The van der Waals surface area contributed by atoms with Gasteiger partial charge in [-0.05, 0) is 31.7 Å². The molecule has 0 aliphatic carbocycles. The van der Waals surface area contributed by atoms with E-state index in [9.17, 15) is 0 Å². The minimum Gasteiger partial charge on any atom is -0.0883 e. The standard InChI is InChI=1S/C12H26Si/c1-11(2)7-8-12(3)9-10-13(4,5)6/h9,11H,7-8,10H2,1-6H3/b12-9+. The lowest BCUT2D eigenvalue weighted by molar-refractivity contribution is 0.584. The summed E-state index contributed by atoms with van der Waals surface area (Å²) < 4.78 is 0. The van der Waals surface area contributed by atoms with Gasteiger partial charge in [0.25, 0.3) is 0 Å². The van der Waals surface area contributed by atoms with Crippen molar-refractivity contribution in [2.75, 3.05) is 0 Å². The first kappa shape index (κ1) is 13.0. The Labute approximate surface area is 85.4 Å². The smallest absolute Gasteiger partial charge is 0.0480 e. The molecule has 0 atom stereocenters. The van der Waals surface area contributed by atoms with Crippen molar-refractivity contribution < 1.29 is 0 Å². The Morgan fingerprint density at radius 2 is 1.77 bits per heavy atom. The van der Waals surface area contributed by atoms with Gasteiger partial charge in [-0.25, -0.2) is 0 Å². The predicted molar refractivity (Wildman–Crippen MR) is 66.0 cm³/mol. The van der Waals surface area contributed by atoms with Crippen LogP contribution in [0.25, 0.3) is 0 Å².